The Bertz CT molecular complexity index is 374. The van der Waals surface area contributed by atoms with Gasteiger partial charge in [0.25, 0.3) is 0 Å². The minimum Gasteiger partial charge on any atom is -0.619 e. The summed E-state index contributed by atoms with van der Waals surface area (Å²) in [4.78, 5) is 11.2. The highest BCUT2D eigenvalue weighted by molar-refractivity contribution is 5.86. The van der Waals surface area contributed by atoms with Gasteiger partial charge in [0.2, 0.25) is 0 Å². The van der Waals surface area contributed by atoms with Gasteiger partial charge in [0.1, 0.15) is 0 Å². The molecule has 1 rings (SSSR count). The molecular weight excluding hydrogens is 206 g/mol. The molecular formula is C12H15NO3. The fourth-order valence-electron chi connectivity index (χ4n) is 1.10. The average molecular weight is 221 g/mol. The van der Waals surface area contributed by atoms with Gasteiger partial charge >= 0.3 is 5.97 Å². The van der Waals surface area contributed by atoms with Crippen molar-refractivity contribution in [1.82, 2.24) is 0 Å². The SMILES string of the molecule is CCCCOC(=O)/C=C/c1ccc[n+]([O-])c1. The highest BCUT2D eigenvalue weighted by Crippen LogP contribution is 1.98. The van der Waals surface area contributed by atoms with E-state index in [1.54, 1.807) is 18.2 Å². The summed E-state index contributed by atoms with van der Waals surface area (Å²) in [6.45, 7) is 2.47. The molecule has 16 heavy (non-hydrogen) atoms. The van der Waals surface area contributed by atoms with Gasteiger partial charge < -0.3 is 9.94 Å². The molecule has 0 aromatic carbocycles. The maximum absolute atomic E-state index is 11.2. The van der Waals surface area contributed by atoms with Crippen LogP contribution in [-0.2, 0) is 9.53 Å². The summed E-state index contributed by atoms with van der Waals surface area (Å²) in [6.07, 6.45) is 7.51. The van der Waals surface area contributed by atoms with E-state index in [2.05, 4.69) is 0 Å². The zero-order valence-electron chi connectivity index (χ0n) is 9.26. The minimum absolute atomic E-state index is 0.380. The maximum Gasteiger partial charge on any atom is 0.330 e. The first kappa shape index (κ1) is 12.2. The molecule has 1 heterocycles. The Balaban J connectivity index is 2.44. The molecule has 0 N–H and O–H groups in total. The normalized spacial score (nSPS) is 10.6. The average Bonchev–Trinajstić information content (AvgIpc) is 2.27. The largest absolute Gasteiger partial charge is 0.619 e. The van der Waals surface area contributed by atoms with E-state index < -0.39 is 0 Å². The van der Waals surface area contributed by atoms with Crippen LogP contribution in [0.5, 0.6) is 0 Å². The zero-order valence-corrected chi connectivity index (χ0v) is 9.26. The maximum atomic E-state index is 11.2. The van der Waals surface area contributed by atoms with Crippen molar-refractivity contribution in [2.45, 2.75) is 19.8 Å². The number of carbonyl (C=O) groups excluding carboxylic acids is 1. The van der Waals surface area contributed by atoms with Crippen LogP contribution in [0.4, 0.5) is 0 Å². The number of nitrogens with zero attached hydrogens (tertiary/aromatic N) is 1. The Morgan fingerprint density at radius 2 is 2.44 bits per heavy atom. The molecule has 0 aliphatic heterocycles. The molecule has 4 nitrogen and oxygen atoms in total. The summed E-state index contributed by atoms with van der Waals surface area (Å²) < 4.78 is 5.61. The van der Waals surface area contributed by atoms with Gasteiger partial charge in [0.15, 0.2) is 12.4 Å². The third kappa shape index (κ3) is 4.59. The molecule has 0 saturated heterocycles. The van der Waals surface area contributed by atoms with Crippen LogP contribution in [0.3, 0.4) is 0 Å². The molecule has 0 atom stereocenters. The van der Waals surface area contributed by atoms with E-state index in [9.17, 15) is 10.0 Å². The summed E-state index contributed by atoms with van der Waals surface area (Å²) in [7, 11) is 0. The number of rotatable bonds is 5. The van der Waals surface area contributed by atoms with Crippen molar-refractivity contribution >= 4 is 12.0 Å². The van der Waals surface area contributed by atoms with Crippen molar-refractivity contribution in [3.05, 3.63) is 41.4 Å². The first-order valence-electron chi connectivity index (χ1n) is 5.26. The number of carbonyl (C=O) groups is 1. The van der Waals surface area contributed by atoms with E-state index in [4.69, 9.17) is 4.74 Å². The van der Waals surface area contributed by atoms with E-state index >= 15 is 0 Å². The smallest absolute Gasteiger partial charge is 0.330 e. The van der Waals surface area contributed by atoms with Gasteiger partial charge in [-0.2, -0.15) is 4.73 Å². The van der Waals surface area contributed by atoms with Crippen molar-refractivity contribution in [2.24, 2.45) is 0 Å². The molecule has 4 heteroatoms. The Morgan fingerprint density at radius 3 is 3.12 bits per heavy atom. The standard InChI is InChI=1S/C12H15NO3/c1-2-3-9-16-12(14)7-6-11-5-4-8-13(15)10-11/h4-8,10H,2-3,9H2,1H3/b7-6+. The third-order valence-electron chi connectivity index (χ3n) is 1.95. The van der Waals surface area contributed by atoms with Crippen molar-refractivity contribution in [3.63, 3.8) is 0 Å². The molecule has 0 radical (unpaired) electrons. The summed E-state index contributed by atoms with van der Waals surface area (Å²) in [5.41, 5.74) is 0.671. The van der Waals surface area contributed by atoms with Crippen molar-refractivity contribution in [3.8, 4) is 0 Å². The van der Waals surface area contributed by atoms with Gasteiger partial charge in [0, 0.05) is 17.7 Å². The number of hydrogen-bond acceptors (Lipinski definition) is 3. The van der Waals surface area contributed by atoms with E-state index in [-0.39, 0.29) is 5.97 Å². The van der Waals surface area contributed by atoms with Crippen molar-refractivity contribution in [2.75, 3.05) is 6.61 Å². The van der Waals surface area contributed by atoms with E-state index in [0.717, 1.165) is 12.8 Å². The number of unbranched alkanes of at least 4 members (excludes halogenated alkanes) is 1. The fourth-order valence-corrected chi connectivity index (χ4v) is 1.10. The second-order valence-electron chi connectivity index (χ2n) is 3.35. The van der Waals surface area contributed by atoms with Crippen molar-refractivity contribution in [1.29, 1.82) is 0 Å². The number of pyridine rings is 1. The lowest BCUT2D eigenvalue weighted by atomic mass is 10.2. The Morgan fingerprint density at radius 1 is 1.62 bits per heavy atom. The van der Waals surface area contributed by atoms with Crippen molar-refractivity contribution < 1.29 is 14.3 Å². The van der Waals surface area contributed by atoms with Crippen LogP contribution in [-0.4, -0.2) is 12.6 Å². The predicted molar refractivity (Wildman–Crippen MR) is 60.3 cm³/mol. The highest BCUT2D eigenvalue weighted by Gasteiger charge is 1.97. The molecule has 0 fully saturated rings. The number of hydrogen-bond donors (Lipinski definition) is 0. The Labute approximate surface area is 94.7 Å². The lowest BCUT2D eigenvalue weighted by Crippen LogP contribution is -2.24. The molecule has 0 spiro atoms. The van der Waals surface area contributed by atoms with Gasteiger partial charge in [-0.05, 0) is 18.6 Å². The quantitative estimate of drug-likeness (QED) is 0.250. The molecule has 86 valence electrons. The Hall–Kier alpha value is -1.84. The fraction of sp³-hybridized carbons (Fsp3) is 0.333. The van der Waals surface area contributed by atoms with Gasteiger partial charge in [-0.1, -0.05) is 13.3 Å². The molecule has 0 amide bonds. The topological polar surface area (TPSA) is 53.2 Å². The lowest BCUT2D eigenvalue weighted by Gasteiger charge is -1.99. The van der Waals surface area contributed by atoms with Gasteiger partial charge in [-0.3, -0.25) is 0 Å². The van der Waals surface area contributed by atoms with Crippen LogP contribution < -0.4 is 4.73 Å². The highest BCUT2D eigenvalue weighted by atomic mass is 16.5. The second kappa shape index (κ2) is 6.61. The number of aromatic nitrogens is 1. The van der Waals surface area contributed by atoms with Gasteiger partial charge in [-0.25, -0.2) is 4.79 Å². The minimum atomic E-state index is -0.380. The van der Waals surface area contributed by atoms with Crippen LogP contribution in [0.15, 0.2) is 30.6 Å². The van der Waals surface area contributed by atoms with Gasteiger partial charge in [-0.15, -0.1) is 0 Å². The van der Waals surface area contributed by atoms with E-state index in [1.165, 1.54) is 18.5 Å². The molecule has 0 unspecified atom stereocenters. The molecule has 1 aromatic rings. The molecule has 0 aliphatic carbocycles. The first-order chi connectivity index (χ1) is 7.72. The number of esters is 1. The van der Waals surface area contributed by atoms with Crippen LogP contribution >= 0.6 is 0 Å². The summed E-state index contributed by atoms with van der Waals surface area (Å²) >= 11 is 0. The summed E-state index contributed by atoms with van der Waals surface area (Å²) in [5.74, 6) is -0.380. The van der Waals surface area contributed by atoms with Gasteiger partial charge in [0.05, 0.1) is 6.61 Å². The zero-order chi connectivity index (χ0) is 11.8. The molecule has 0 bridgehead atoms. The predicted octanol–water partition coefficient (Wildman–Crippen LogP) is 1.68. The van der Waals surface area contributed by atoms with Crippen LogP contribution in [0.1, 0.15) is 25.3 Å². The monoisotopic (exact) mass is 221 g/mol. The third-order valence-corrected chi connectivity index (χ3v) is 1.95. The molecule has 0 saturated carbocycles. The molecule has 0 aliphatic rings. The Kier molecular flexibility index (Phi) is 5.05. The molecule has 1 aromatic heterocycles. The first-order valence-corrected chi connectivity index (χ1v) is 5.26. The van der Waals surface area contributed by atoms with E-state index in [1.807, 2.05) is 6.92 Å². The van der Waals surface area contributed by atoms with Crippen LogP contribution in [0, 0.1) is 5.21 Å². The van der Waals surface area contributed by atoms with E-state index in [0.29, 0.717) is 16.9 Å². The number of ether oxygens (including phenoxy) is 1. The van der Waals surface area contributed by atoms with Crippen LogP contribution in [0.25, 0.3) is 6.08 Å². The summed E-state index contributed by atoms with van der Waals surface area (Å²) in [6, 6.07) is 3.36. The summed E-state index contributed by atoms with van der Waals surface area (Å²) in [5, 5.41) is 10.9. The lowest BCUT2D eigenvalue weighted by molar-refractivity contribution is -0.605. The second-order valence-corrected chi connectivity index (χ2v) is 3.35. The van der Waals surface area contributed by atoms with Crippen LogP contribution in [0.2, 0.25) is 0 Å².